The first-order valence-corrected chi connectivity index (χ1v) is 5.79. The lowest BCUT2D eigenvalue weighted by Crippen LogP contribution is -2.44. The molecule has 2 saturated heterocycles. The summed E-state index contributed by atoms with van der Waals surface area (Å²) in [5, 5.41) is 3.60. The number of nitrogens with one attached hydrogen (secondary N) is 1. The maximum atomic E-state index is 5.79. The quantitative estimate of drug-likeness (QED) is 0.724. The molecular weight excluding hydrogens is 178 g/mol. The summed E-state index contributed by atoms with van der Waals surface area (Å²) in [6, 6.07) is 1.02. The summed E-state index contributed by atoms with van der Waals surface area (Å²) < 4.78 is 11.2. The van der Waals surface area contributed by atoms with E-state index in [-0.39, 0.29) is 0 Å². The lowest BCUT2D eigenvalue weighted by Gasteiger charge is -2.24. The third-order valence-corrected chi connectivity index (χ3v) is 3.18. The van der Waals surface area contributed by atoms with E-state index in [1.165, 1.54) is 19.3 Å². The number of hydrogen-bond acceptors (Lipinski definition) is 3. The fourth-order valence-electron chi connectivity index (χ4n) is 2.52. The van der Waals surface area contributed by atoms with Crippen LogP contribution in [0.15, 0.2) is 0 Å². The lowest BCUT2D eigenvalue weighted by atomic mass is 9.95. The number of ether oxygens (including phenoxy) is 2. The third-order valence-electron chi connectivity index (χ3n) is 3.18. The van der Waals surface area contributed by atoms with Crippen LogP contribution in [0, 0.1) is 0 Å². The van der Waals surface area contributed by atoms with Gasteiger partial charge in [-0.1, -0.05) is 0 Å². The van der Waals surface area contributed by atoms with E-state index >= 15 is 0 Å². The molecular formula is C11H21NO2. The van der Waals surface area contributed by atoms with E-state index in [1.807, 2.05) is 6.92 Å². The highest BCUT2D eigenvalue weighted by Crippen LogP contribution is 2.34. The van der Waals surface area contributed by atoms with Gasteiger partial charge in [0.1, 0.15) is 0 Å². The van der Waals surface area contributed by atoms with Crippen LogP contribution in [0.5, 0.6) is 0 Å². The molecule has 0 aromatic rings. The van der Waals surface area contributed by atoms with Crippen LogP contribution in [-0.2, 0) is 9.47 Å². The average Bonchev–Trinajstić information content (AvgIpc) is 2.76. The highest BCUT2D eigenvalue weighted by atomic mass is 16.5. The topological polar surface area (TPSA) is 30.5 Å². The number of fused-ring (bicyclic) bond motifs is 2. The van der Waals surface area contributed by atoms with E-state index in [9.17, 15) is 0 Å². The highest BCUT2D eigenvalue weighted by molar-refractivity contribution is 4.94. The van der Waals surface area contributed by atoms with Crippen LogP contribution in [0.2, 0.25) is 0 Å². The zero-order valence-corrected chi connectivity index (χ0v) is 9.16. The van der Waals surface area contributed by atoms with Crippen molar-refractivity contribution in [3.05, 3.63) is 0 Å². The molecule has 4 atom stereocenters. The van der Waals surface area contributed by atoms with Gasteiger partial charge in [0.2, 0.25) is 0 Å². The first-order chi connectivity index (χ1) is 6.79. The van der Waals surface area contributed by atoms with E-state index < -0.39 is 0 Å². The summed E-state index contributed by atoms with van der Waals surface area (Å²) in [6.07, 6.45) is 4.72. The zero-order chi connectivity index (χ0) is 9.97. The van der Waals surface area contributed by atoms with Gasteiger partial charge in [-0.3, -0.25) is 0 Å². The predicted octanol–water partition coefficient (Wildman–Crippen LogP) is 1.32. The standard InChI is InChI=1S/C11H21NO2/c1-3-13-7-8(2)12-10-6-9-4-5-11(10)14-9/h8-12H,3-7H2,1-2H3. The maximum Gasteiger partial charge on any atom is 0.0733 e. The minimum absolute atomic E-state index is 0.447. The van der Waals surface area contributed by atoms with Crippen molar-refractivity contribution >= 4 is 0 Å². The second-order valence-corrected chi connectivity index (χ2v) is 4.44. The van der Waals surface area contributed by atoms with Gasteiger partial charge in [-0.15, -0.1) is 0 Å². The molecule has 2 bridgehead atoms. The molecule has 0 aromatic carbocycles. The Kier molecular flexibility index (Phi) is 3.42. The van der Waals surface area contributed by atoms with Gasteiger partial charge in [0.15, 0.2) is 0 Å². The fraction of sp³-hybridized carbons (Fsp3) is 1.00. The molecule has 0 aromatic heterocycles. The molecule has 14 heavy (non-hydrogen) atoms. The maximum absolute atomic E-state index is 5.79. The van der Waals surface area contributed by atoms with Gasteiger partial charge in [0.25, 0.3) is 0 Å². The summed E-state index contributed by atoms with van der Waals surface area (Å²) in [7, 11) is 0. The lowest BCUT2D eigenvalue weighted by molar-refractivity contribution is 0.0889. The minimum Gasteiger partial charge on any atom is -0.380 e. The van der Waals surface area contributed by atoms with Gasteiger partial charge in [-0.25, -0.2) is 0 Å². The van der Waals surface area contributed by atoms with Crippen LogP contribution in [0.1, 0.15) is 33.1 Å². The Hall–Kier alpha value is -0.120. The van der Waals surface area contributed by atoms with Crippen molar-refractivity contribution in [1.29, 1.82) is 0 Å². The third kappa shape index (κ3) is 2.27. The van der Waals surface area contributed by atoms with Gasteiger partial charge >= 0.3 is 0 Å². The van der Waals surface area contributed by atoms with Crippen LogP contribution >= 0.6 is 0 Å². The predicted molar refractivity (Wildman–Crippen MR) is 55.4 cm³/mol. The van der Waals surface area contributed by atoms with Crippen molar-refractivity contribution in [2.75, 3.05) is 13.2 Å². The monoisotopic (exact) mass is 199 g/mol. The molecule has 3 heteroatoms. The van der Waals surface area contributed by atoms with E-state index in [0.29, 0.717) is 24.3 Å². The van der Waals surface area contributed by atoms with E-state index in [2.05, 4.69) is 12.2 Å². The molecule has 2 rings (SSSR count). The second kappa shape index (κ2) is 4.60. The normalized spacial score (nSPS) is 37.7. The van der Waals surface area contributed by atoms with Crippen molar-refractivity contribution in [1.82, 2.24) is 5.32 Å². The van der Waals surface area contributed by atoms with Gasteiger partial charge in [-0.2, -0.15) is 0 Å². The summed E-state index contributed by atoms with van der Waals surface area (Å²) in [6.45, 7) is 5.83. The van der Waals surface area contributed by atoms with Gasteiger partial charge in [0.05, 0.1) is 18.8 Å². The summed E-state index contributed by atoms with van der Waals surface area (Å²) >= 11 is 0. The van der Waals surface area contributed by atoms with Crippen molar-refractivity contribution in [3.8, 4) is 0 Å². The van der Waals surface area contributed by atoms with Crippen molar-refractivity contribution in [3.63, 3.8) is 0 Å². The van der Waals surface area contributed by atoms with Crippen LogP contribution in [0.3, 0.4) is 0 Å². The Morgan fingerprint density at radius 1 is 1.50 bits per heavy atom. The molecule has 2 fully saturated rings. The van der Waals surface area contributed by atoms with Crippen molar-refractivity contribution in [2.24, 2.45) is 0 Å². The molecule has 82 valence electrons. The molecule has 0 aliphatic carbocycles. The Morgan fingerprint density at radius 2 is 2.36 bits per heavy atom. The molecule has 2 aliphatic heterocycles. The number of hydrogen-bond donors (Lipinski definition) is 1. The molecule has 2 aliphatic rings. The highest BCUT2D eigenvalue weighted by Gasteiger charge is 2.40. The Labute approximate surface area is 86.2 Å². The first kappa shape index (κ1) is 10.4. The Bertz CT molecular complexity index is 186. The Morgan fingerprint density at radius 3 is 2.93 bits per heavy atom. The van der Waals surface area contributed by atoms with Crippen LogP contribution in [0.25, 0.3) is 0 Å². The van der Waals surface area contributed by atoms with E-state index in [1.54, 1.807) is 0 Å². The molecule has 0 spiro atoms. The first-order valence-electron chi connectivity index (χ1n) is 5.79. The van der Waals surface area contributed by atoms with Crippen LogP contribution in [-0.4, -0.2) is 37.5 Å². The van der Waals surface area contributed by atoms with Gasteiger partial charge in [0, 0.05) is 18.7 Å². The average molecular weight is 199 g/mol. The summed E-state index contributed by atoms with van der Waals surface area (Å²) in [4.78, 5) is 0. The molecule has 4 unspecified atom stereocenters. The summed E-state index contributed by atoms with van der Waals surface area (Å²) in [5.74, 6) is 0. The molecule has 0 amide bonds. The molecule has 1 N–H and O–H groups in total. The van der Waals surface area contributed by atoms with Crippen molar-refractivity contribution < 1.29 is 9.47 Å². The zero-order valence-electron chi connectivity index (χ0n) is 9.16. The second-order valence-electron chi connectivity index (χ2n) is 4.44. The minimum atomic E-state index is 0.447. The van der Waals surface area contributed by atoms with Crippen LogP contribution < -0.4 is 5.32 Å². The largest absolute Gasteiger partial charge is 0.380 e. The molecule has 0 saturated carbocycles. The molecule has 0 radical (unpaired) electrons. The number of rotatable bonds is 5. The van der Waals surface area contributed by atoms with Crippen LogP contribution in [0.4, 0.5) is 0 Å². The van der Waals surface area contributed by atoms with E-state index in [0.717, 1.165) is 13.2 Å². The SMILES string of the molecule is CCOCC(C)NC1CC2CCC1O2. The summed E-state index contributed by atoms with van der Waals surface area (Å²) in [5.41, 5.74) is 0. The van der Waals surface area contributed by atoms with Crippen molar-refractivity contribution in [2.45, 2.75) is 57.4 Å². The smallest absolute Gasteiger partial charge is 0.0733 e. The molecule has 3 nitrogen and oxygen atoms in total. The molecule has 2 heterocycles. The fourth-order valence-corrected chi connectivity index (χ4v) is 2.52. The Balaban J connectivity index is 1.70. The van der Waals surface area contributed by atoms with Gasteiger partial charge in [-0.05, 0) is 33.1 Å². The van der Waals surface area contributed by atoms with Gasteiger partial charge < -0.3 is 14.8 Å². The van der Waals surface area contributed by atoms with E-state index in [4.69, 9.17) is 9.47 Å².